The van der Waals surface area contributed by atoms with Crippen molar-refractivity contribution >= 4 is 36.0 Å². The first kappa shape index (κ1) is 13.8. The molecular weight excluding hydrogens is 233 g/mol. The van der Waals surface area contributed by atoms with Crippen LogP contribution in [0.1, 0.15) is 5.56 Å². The number of aliphatic imine (C=N–C) groups is 1. The average Bonchev–Trinajstić information content (AvgIpc) is 2.15. The quantitative estimate of drug-likeness (QED) is 0.592. The largest absolute Gasteiger partial charge is 0.369 e. The summed E-state index contributed by atoms with van der Waals surface area (Å²) in [6, 6.07) is 7.08. The lowest BCUT2D eigenvalue weighted by molar-refractivity contribution is 0.643. The Labute approximate surface area is 100 Å². The van der Waals surface area contributed by atoms with Gasteiger partial charge in [0.05, 0.1) is 17.6 Å². The molecule has 0 bridgehead atoms. The number of hydrogen-bond acceptors (Lipinski definition) is 2. The second-order valence-electron chi connectivity index (χ2n) is 2.98. The number of halogens is 2. The van der Waals surface area contributed by atoms with Gasteiger partial charge in [0.2, 0.25) is 0 Å². The highest BCUT2D eigenvalue weighted by Crippen LogP contribution is 2.21. The minimum atomic E-state index is 0. The molecule has 0 aliphatic heterocycles. The van der Waals surface area contributed by atoms with Crippen LogP contribution in [0.25, 0.3) is 0 Å². The summed E-state index contributed by atoms with van der Waals surface area (Å²) in [5.41, 5.74) is 1.11. The smallest absolute Gasteiger partial charge is 0.101 e. The highest BCUT2D eigenvalue weighted by atomic mass is 35.5. The van der Waals surface area contributed by atoms with Crippen LogP contribution in [0.4, 0.5) is 5.69 Å². The van der Waals surface area contributed by atoms with Crippen molar-refractivity contribution in [3.05, 3.63) is 28.8 Å². The molecule has 0 saturated heterocycles. The van der Waals surface area contributed by atoms with Gasteiger partial charge in [-0.1, -0.05) is 11.6 Å². The summed E-state index contributed by atoms with van der Waals surface area (Å²) < 4.78 is 0. The van der Waals surface area contributed by atoms with E-state index in [2.05, 4.69) is 4.99 Å². The summed E-state index contributed by atoms with van der Waals surface area (Å²) in [4.78, 5) is 5.94. The zero-order chi connectivity index (χ0) is 10.6. The van der Waals surface area contributed by atoms with E-state index in [4.69, 9.17) is 16.9 Å². The van der Waals surface area contributed by atoms with Crippen LogP contribution in [0.3, 0.4) is 0 Å². The molecule has 0 aromatic heterocycles. The molecule has 0 radical (unpaired) electrons. The summed E-state index contributed by atoms with van der Waals surface area (Å²) in [7, 11) is 3.73. The van der Waals surface area contributed by atoms with Crippen LogP contribution < -0.4 is 0 Å². The molecule has 3 nitrogen and oxygen atoms in total. The van der Waals surface area contributed by atoms with Crippen molar-refractivity contribution < 1.29 is 0 Å². The van der Waals surface area contributed by atoms with E-state index in [0.717, 1.165) is 0 Å². The molecule has 0 N–H and O–H groups in total. The van der Waals surface area contributed by atoms with Gasteiger partial charge < -0.3 is 4.90 Å². The van der Waals surface area contributed by atoms with Gasteiger partial charge in [-0.05, 0) is 18.2 Å². The maximum absolute atomic E-state index is 8.81. The second kappa shape index (κ2) is 6.28. The predicted molar refractivity (Wildman–Crippen MR) is 65.3 cm³/mol. The van der Waals surface area contributed by atoms with Gasteiger partial charge in [-0.2, -0.15) is 5.26 Å². The van der Waals surface area contributed by atoms with Crippen molar-refractivity contribution in [1.29, 1.82) is 5.26 Å². The monoisotopic (exact) mass is 243 g/mol. The van der Waals surface area contributed by atoms with Gasteiger partial charge in [0, 0.05) is 19.1 Å². The van der Waals surface area contributed by atoms with Crippen molar-refractivity contribution in [1.82, 2.24) is 4.90 Å². The van der Waals surface area contributed by atoms with E-state index >= 15 is 0 Å². The number of nitrogens with zero attached hydrogens (tertiary/aromatic N) is 3. The number of rotatable bonds is 2. The molecule has 0 amide bonds. The van der Waals surface area contributed by atoms with E-state index < -0.39 is 0 Å². The molecule has 0 fully saturated rings. The predicted octanol–water partition coefficient (Wildman–Crippen LogP) is 2.85. The molecule has 0 saturated carbocycles. The Hall–Kier alpha value is -1.24. The summed E-state index contributed by atoms with van der Waals surface area (Å²) in [5, 5.41) is 9.36. The van der Waals surface area contributed by atoms with Gasteiger partial charge in [-0.15, -0.1) is 12.4 Å². The highest BCUT2D eigenvalue weighted by molar-refractivity contribution is 6.30. The Balaban J connectivity index is 0.00000196. The normalized spacial score (nSPS) is 9.47. The molecule has 1 aromatic rings. The molecular formula is C10H11Cl2N3. The Morgan fingerprint density at radius 1 is 1.47 bits per heavy atom. The zero-order valence-electron chi connectivity index (χ0n) is 8.44. The lowest BCUT2D eigenvalue weighted by Crippen LogP contribution is -2.07. The summed E-state index contributed by atoms with van der Waals surface area (Å²) in [5.74, 6) is 0. The maximum Gasteiger partial charge on any atom is 0.101 e. The van der Waals surface area contributed by atoms with Gasteiger partial charge >= 0.3 is 0 Å². The molecule has 0 spiro atoms. The molecule has 5 heteroatoms. The summed E-state index contributed by atoms with van der Waals surface area (Å²) in [6.07, 6.45) is 1.64. The van der Waals surface area contributed by atoms with Crippen LogP contribution >= 0.6 is 24.0 Å². The van der Waals surface area contributed by atoms with Crippen molar-refractivity contribution in [2.24, 2.45) is 4.99 Å². The fourth-order valence-electron chi connectivity index (χ4n) is 0.888. The Bertz CT molecular complexity index is 394. The van der Waals surface area contributed by atoms with E-state index in [1.54, 1.807) is 29.4 Å². The Kier molecular flexibility index (Phi) is 5.76. The fraction of sp³-hybridized carbons (Fsp3) is 0.200. The zero-order valence-corrected chi connectivity index (χ0v) is 10.0. The number of benzene rings is 1. The lowest BCUT2D eigenvalue weighted by Gasteiger charge is -2.03. The Morgan fingerprint density at radius 3 is 2.67 bits per heavy atom. The van der Waals surface area contributed by atoms with Crippen LogP contribution in [0.5, 0.6) is 0 Å². The van der Waals surface area contributed by atoms with E-state index in [1.807, 2.05) is 20.2 Å². The van der Waals surface area contributed by atoms with E-state index in [9.17, 15) is 0 Å². The van der Waals surface area contributed by atoms with Crippen LogP contribution in [0.15, 0.2) is 23.2 Å². The maximum atomic E-state index is 8.81. The highest BCUT2D eigenvalue weighted by Gasteiger charge is 2.00. The average molecular weight is 244 g/mol. The van der Waals surface area contributed by atoms with Gasteiger partial charge in [-0.25, -0.2) is 4.99 Å². The number of nitriles is 1. The fourth-order valence-corrected chi connectivity index (χ4v) is 1.06. The van der Waals surface area contributed by atoms with Crippen LogP contribution in [-0.2, 0) is 0 Å². The molecule has 1 rings (SSSR count). The first-order chi connectivity index (χ1) is 6.63. The van der Waals surface area contributed by atoms with Crippen LogP contribution in [0, 0.1) is 11.3 Å². The number of hydrogen-bond donors (Lipinski definition) is 0. The topological polar surface area (TPSA) is 39.4 Å². The minimum absolute atomic E-state index is 0. The first-order valence-corrected chi connectivity index (χ1v) is 4.41. The van der Waals surface area contributed by atoms with Crippen molar-refractivity contribution in [2.45, 2.75) is 0 Å². The third kappa shape index (κ3) is 4.20. The molecule has 0 unspecified atom stereocenters. The van der Waals surface area contributed by atoms with E-state index in [1.165, 1.54) is 0 Å². The van der Waals surface area contributed by atoms with Gasteiger partial charge in [0.15, 0.2) is 0 Å². The van der Waals surface area contributed by atoms with Crippen molar-refractivity contribution in [3.63, 3.8) is 0 Å². The first-order valence-electron chi connectivity index (χ1n) is 4.04. The Morgan fingerprint density at radius 2 is 2.13 bits per heavy atom. The van der Waals surface area contributed by atoms with E-state index in [0.29, 0.717) is 16.3 Å². The lowest BCUT2D eigenvalue weighted by atomic mass is 10.2. The molecule has 15 heavy (non-hydrogen) atoms. The molecule has 0 heterocycles. The molecule has 1 aromatic carbocycles. The van der Waals surface area contributed by atoms with Gasteiger partial charge in [-0.3, -0.25) is 0 Å². The van der Waals surface area contributed by atoms with Crippen molar-refractivity contribution in [2.75, 3.05) is 14.1 Å². The van der Waals surface area contributed by atoms with Gasteiger partial charge in [0.25, 0.3) is 0 Å². The van der Waals surface area contributed by atoms with Gasteiger partial charge in [0.1, 0.15) is 6.07 Å². The SMILES string of the molecule is CN(C)C=Nc1ccc(Cl)cc1C#N.Cl. The third-order valence-corrected chi connectivity index (χ3v) is 1.74. The standard InChI is InChI=1S/C10H10ClN3.ClH/c1-14(2)7-13-10-4-3-9(11)5-8(10)6-12;/h3-5,7H,1-2H3;1H. The molecule has 80 valence electrons. The van der Waals surface area contributed by atoms with E-state index in [-0.39, 0.29) is 12.4 Å². The van der Waals surface area contributed by atoms with Crippen LogP contribution in [0.2, 0.25) is 5.02 Å². The van der Waals surface area contributed by atoms with Crippen molar-refractivity contribution in [3.8, 4) is 6.07 Å². The van der Waals surface area contributed by atoms with Crippen LogP contribution in [-0.4, -0.2) is 25.3 Å². The molecule has 0 aliphatic carbocycles. The molecule has 0 atom stereocenters. The third-order valence-electron chi connectivity index (χ3n) is 1.51. The second-order valence-corrected chi connectivity index (χ2v) is 3.42. The summed E-state index contributed by atoms with van der Waals surface area (Å²) in [6.45, 7) is 0. The molecule has 0 aliphatic rings. The minimum Gasteiger partial charge on any atom is -0.369 e. The summed E-state index contributed by atoms with van der Waals surface area (Å²) >= 11 is 5.74.